The van der Waals surface area contributed by atoms with E-state index in [0.717, 1.165) is 17.0 Å². The molecule has 0 unspecified atom stereocenters. The molecule has 1 heterocycles. The lowest BCUT2D eigenvalue weighted by Crippen LogP contribution is -2.02. The van der Waals surface area contributed by atoms with Crippen molar-refractivity contribution >= 4 is 33.5 Å². The summed E-state index contributed by atoms with van der Waals surface area (Å²) >= 11 is 3.26. The molecule has 0 saturated heterocycles. The first-order chi connectivity index (χ1) is 12.9. The Hall–Kier alpha value is -3.00. The fraction of sp³-hybridized carbons (Fsp3) is 0.105. The molecule has 6 nitrogen and oxygen atoms in total. The normalized spacial score (nSPS) is 11.1. The molecule has 0 spiro atoms. The Kier molecular flexibility index (Phi) is 5.36. The van der Waals surface area contributed by atoms with Crippen LogP contribution in [0, 0.1) is 29.8 Å². The molecule has 0 fully saturated rings. The summed E-state index contributed by atoms with van der Waals surface area (Å²) in [7, 11) is 0. The van der Waals surface area contributed by atoms with Gasteiger partial charge in [0.25, 0.3) is 5.69 Å². The molecule has 0 bridgehead atoms. The zero-order valence-corrected chi connectivity index (χ0v) is 16.2. The Balaban J connectivity index is 1.82. The highest BCUT2D eigenvalue weighted by Crippen LogP contribution is 2.24. The van der Waals surface area contributed by atoms with E-state index in [9.17, 15) is 14.5 Å². The van der Waals surface area contributed by atoms with Crippen LogP contribution < -0.4 is 5.43 Å². The van der Waals surface area contributed by atoms with E-state index >= 15 is 0 Å². The van der Waals surface area contributed by atoms with Gasteiger partial charge in [0.05, 0.1) is 22.5 Å². The fourth-order valence-corrected chi connectivity index (χ4v) is 3.12. The smallest absolute Gasteiger partial charge is 0.269 e. The molecule has 0 aliphatic carbocycles. The second-order valence-electron chi connectivity index (χ2n) is 5.93. The van der Waals surface area contributed by atoms with E-state index in [-0.39, 0.29) is 11.5 Å². The molecular formula is C19H16BrFN4O2. The molecule has 3 aromatic rings. The van der Waals surface area contributed by atoms with Gasteiger partial charge in [-0.1, -0.05) is 15.9 Å². The largest absolute Gasteiger partial charge is 0.315 e. The van der Waals surface area contributed by atoms with Gasteiger partial charge in [-0.25, -0.2) is 4.39 Å². The predicted molar refractivity (Wildman–Crippen MR) is 107 cm³/mol. The van der Waals surface area contributed by atoms with Gasteiger partial charge in [-0.15, -0.1) is 0 Å². The number of nitro benzene ring substituents is 1. The lowest BCUT2D eigenvalue weighted by atomic mass is 10.2. The molecule has 0 radical (unpaired) electrons. The first-order valence-electron chi connectivity index (χ1n) is 8.04. The highest BCUT2D eigenvalue weighted by Gasteiger charge is 2.13. The highest BCUT2D eigenvalue weighted by molar-refractivity contribution is 9.10. The molecule has 0 amide bonds. The van der Waals surface area contributed by atoms with Crippen molar-refractivity contribution in [1.29, 1.82) is 0 Å². The molecule has 27 heavy (non-hydrogen) atoms. The van der Waals surface area contributed by atoms with Gasteiger partial charge < -0.3 is 4.57 Å². The van der Waals surface area contributed by atoms with E-state index < -0.39 is 4.92 Å². The maximum Gasteiger partial charge on any atom is 0.269 e. The van der Waals surface area contributed by atoms with Crippen LogP contribution in [0.1, 0.15) is 17.0 Å². The quantitative estimate of drug-likeness (QED) is 0.336. The third kappa shape index (κ3) is 4.06. The zero-order valence-electron chi connectivity index (χ0n) is 14.6. The number of nitrogens with zero attached hydrogens (tertiary/aromatic N) is 3. The number of benzene rings is 2. The number of nitrogens with one attached hydrogen (secondary N) is 1. The van der Waals surface area contributed by atoms with Crippen molar-refractivity contribution < 1.29 is 9.31 Å². The first-order valence-corrected chi connectivity index (χ1v) is 8.84. The Morgan fingerprint density at radius 3 is 2.52 bits per heavy atom. The minimum absolute atomic E-state index is 0.0181. The minimum Gasteiger partial charge on any atom is -0.315 e. The van der Waals surface area contributed by atoms with Crippen LogP contribution in [0.3, 0.4) is 0 Å². The number of nitro groups is 1. The van der Waals surface area contributed by atoms with Crippen molar-refractivity contribution in [2.75, 3.05) is 5.43 Å². The van der Waals surface area contributed by atoms with Crippen molar-refractivity contribution in [3.8, 4) is 5.69 Å². The van der Waals surface area contributed by atoms with E-state index in [4.69, 9.17) is 0 Å². The lowest BCUT2D eigenvalue weighted by molar-refractivity contribution is -0.384. The Morgan fingerprint density at radius 1 is 1.19 bits per heavy atom. The number of halogens is 2. The monoisotopic (exact) mass is 430 g/mol. The maximum atomic E-state index is 14.3. The van der Waals surface area contributed by atoms with E-state index in [1.807, 2.05) is 24.5 Å². The average Bonchev–Trinajstić information content (AvgIpc) is 2.90. The second kappa shape index (κ2) is 7.71. The van der Waals surface area contributed by atoms with Crippen LogP contribution in [0.15, 0.2) is 58.1 Å². The highest BCUT2D eigenvalue weighted by atomic mass is 79.9. The van der Waals surface area contributed by atoms with E-state index in [0.29, 0.717) is 15.8 Å². The van der Waals surface area contributed by atoms with Crippen LogP contribution in [0.4, 0.5) is 15.8 Å². The fourth-order valence-electron chi connectivity index (χ4n) is 2.79. The number of aromatic nitrogens is 1. The van der Waals surface area contributed by atoms with Crippen LogP contribution >= 0.6 is 15.9 Å². The molecule has 2 aromatic carbocycles. The number of aryl methyl sites for hydroxylation is 1. The van der Waals surface area contributed by atoms with Crippen LogP contribution in [0.5, 0.6) is 0 Å². The van der Waals surface area contributed by atoms with Crippen LogP contribution in [0.25, 0.3) is 5.69 Å². The summed E-state index contributed by atoms with van der Waals surface area (Å²) in [6, 6.07) is 12.8. The third-order valence-electron chi connectivity index (χ3n) is 4.10. The van der Waals surface area contributed by atoms with Gasteiger partial charge in [0, 0.05) is 33.6 Å². The van der Waals surface area contributed by atoms with Crippen molar-refractivity contribution in [3.63, 3.8) is 0 Å². The molecule has 0 aliphatic heterocycles. The van der Waals surface area contributed by atoms with Gasteiger partial charge in [-0.3, -0.25) is 15.5 Å². The summed E-state index contributed by atoms with van der Waals surface area (Å²) in [6.07, 6.45) is 1.64. The summed E-state index contributed by atoms with van der Waals surface area (Å²) in [4.78, 5) is 10.2. The van der Waals surface area contributed by atoms with Gasteiger partial charge in [0.1, 0.15) is 5.82 Å². The van der Waals surface area contributed by atoms with Gasteiger partial charge >= 0.3 is 0 Å². The summed E-state index contributed by atoms with van der Waals surface area (Å²) in [6.45, 7) is 3.79. The van der Waals surface area contributed by atoms with Crippen molar-refractivity contribution in [2.45, 2.75) is 13.8 Å². The minimum atomic E-state index is -0.455. The molecule has 0 aliphatic rings. The average molecular weight is 431 g/mol. The van der Waals surface area contributed by atoms with Crippen molar-refractivity contribution in [2.24, 2.45) is 5.10 Å². The predicted octanol–water partition coefficient (Wildman–Crippen LogP) is 5.35. The molecule has 138 valence electrons. The Labute approximate surface area is 163 Å². The number of hydrogen-bond acceptors (Lipinski definition) is 4. The maximum absolute atomic E-state index is 14.3. The van der Waals surface area contributed by atoms with Gasteiger partial charge in [-0.05, 0) is 50.2 Å². The van der Waals surface area contributed by atoms with Crippen molar-refractivity contribution in [1.82, 2.24) is 4.57 Å². The van der Waals surface area contributed by atoms with Crippen LogP contribution in [0.2, 0.25) is 0 Å². The molecule has 0 atom stereocenters. The van der Waals surface area contributed by atoms with Crippen LogP contribution in [-0.2, 0) is 0 Å². The van der Waals surface area contributed by atoms with Crippen molar-refractivity contribution in [3.05, 3.63) is 85.9 Å². The first kappa shape index (κ1) is 18.8. The summed E-state index contributed by atoms with van der Waals surface area (Å²) in [5.74, 6) is -0.321. The standard InChI is InChI=1S/C19H16BrFN4O2/c1-12-9-14(11-22-23-16-4-6-17(7-5-16)25(26)27)13(2)24(12)19-8-3-15(20)10-18(19)21/h3-11,23H,1-2H3/b22-11-. The number of hydrazone groups is 1. The van der Waals surface area contributed by atoms with Gasteiger partial charge in [0.2, 0.25) is 0 Å². The number of hydrogen-bond donors (Lipinski definition) is 1. The summed E-state index contributed by atoms with van der Waals surface area (Å²) in [5.41, 5.74) is 6.51. The van der Waals surface area contributed by atoms with Crippen LogP contribution in [-0.4, -0.2) is 15.7 Å². The number of anilines is 1. The lowest BCUT2D eigenvalue weighted by Gasteiger charge is -2.11. The van der Waals surface area contributed by atoms with E-state index in [1.54, 1.807) is 30.5 Å². The molecule has 1 aromatic heterocycles. The summed E-state index contributed by atoms with van der Waals surface area (Å²) < 4.78 is 16.8. The topological polar surface area (TPSA) is 72.5 Å². The zero-order chi connectivity index (χ0) is 19.6. The second-order valence-corrected chi connectivity index (χ2v) is 6.85. The Morgan fingerprint density at radius 2 is 1.89 bits per heavy atom. The van der Waals surface area contributed by atoms with Gasteiger partial charge in [-0.2, -0.15) is 5.10 Å². The molecule has 0 saturated carbocycles. The molecular weight excluding hydrogens is 415 g/mol. The molecule has 3 rings (SSSR count). The van der Waals surface area contributed by atoms with E-state index in [2.05, 4.69) is 26.5 Å². The summed E-state index contributed by atoms with van der Waals surface area (Å²) in [5, 5.41) is 14.8. The number of rotatable bonds is 5. The molecule has 8 heteroatoms. The van der Waals surface area contributed by atoms with Gasteiger partial charge in [0.15, 0.2) is 0 Å². The third-order valence-corrected chi connectivity index (χ3v) is 4.59. The number of non-ortho nitro benzene ring substituents is 1. The SMILES string of the molecule is Cc1cc(/C=N\Nc2ccc([N+](=O)[O-])cc2)c(C)n1-c1ccc(Br)cc1F. The Bertz CT molecular complexity index is 1030. The molecule has 1 N–H and O–H groups in total. The van der Waals surface area contributed by atoms with E-state index in [1.165, 1.54) is 18.2 Å².